The molecule has 0 unspecified atom stereocenters. The van der Waals surface area contributed by atoms with Crippen LogP contribution in [0.5, 0.6) is 0 Å². The minimum Gasteiger partial charge on any atom is -0.443 e. The molecule has 0 N–H and O–H groups in total. The van der Waals surface area contributed by atoms with Gasteiger partial charge >= 0.3 is 12.3 Å². The third-order valence-corrected chi connectivity index (χ3v) is 3.28. The van der Waals surface area contributed by atoms with Crippen molar-refractivity contribution in [2.24, 2.45) is 0 Å². The number of rotatable bonds is 3. The van der Waals surface area contributed by atoms with E-state index in [9.17, 15) is 18.0 Å². The number of amides is 1. The first-order valence-electron chi connectivity index (χ1n) is 6.83. The van der Waals surface area contributed by atoms with Gasteiger partial charge in [-0.25, -0.2) is 4.79 Å². The fourth-order valence-corrected chi connectivity index (χ4v) is 2.19. The normalized spacial score (nSPS) is 12.0. The van der Waals surface area contributed by atoms with E-state index in [0.29, 0.717) is 10.0 Å². The van der Waals surface area contributed by atoms with Crippen molar-refractivity contribution < 1.29 is 22.7 Å². The van der Waals surface area contributed by atoms with Crippen molar-refractivity contribution in [1.29, 1.82) is 0 Å². The van der Waals surface area contributed by atoms with Crippen LogP contribution in [0.4, 0.5) is 23.7 Å². The lowest BCUT2D eigenvalue weighted by Crippen LogP contribution is -2.38. The van der Waals surface area contributed by atoms with Crippen LogP contribution in [0.15, 0.2) is 34.8 Å². The van der Waals surface area contributed by atoms with Crippen molar-refractivity contribution in [2.75, 3.05) is 11.4 Å². The number of ether oxygens (including phenoxy) is 1. The first-order valence-corrected chi connectivity index (χ1v) is 7.62. The zero-order valence-corrected chi connectivity index (χ0v) is 15.0. The molecule has 0 spiro atoms. The lowest BCUT2D eigenvalue weighted by molar-refractivity contribution is -0.137. The third kappa shape index (κ3) is 5.89. The number of hydrogen-bond acceptors (Lipinski definition) is 2. The van der Waals surface area contributed by atoms with E-state index in [2.05, 4.69) is 22.5 Å². The Bertz CT molecular complexity index is 606. The molecule has 3 nitrogen and oxygen atoms in total. The monoisotopic (exact) mass is 393 g/mol. The fraction of sp³-hybridized carbons (Fsp3) is 0.438. The maximum atomic E-state index is 12.9. The number of carbonyl (C=O) groups excluding carboxylic acids is 1. The summed E-state index contributed by atoms with van der Waals surface area (Å²) in [6, 6.07) is 3.12. The van der Waals surface area contributed by atoms with E-state index in [0.717, 1.165) is 17.0 Å². The van der Waals surface area contributed by atoms with Crippen LogP contribution in [-0.4, -0.2) is 18.2 Å². The highest BCUT2D eigenvalue weighted by Crippen LogP contribution is 2.36. The first kappa shape index (κ1) is 19.5. The van der Waals surface area contributed by atoms with Crippen molar-refractivity contribution in [2.45, 2.75) is 39.5 Å². The van der Waals surface area contributed by atoms with Gasteiger partial charge in [0.2, 0.25) is 0 Å². The maximum absolute atomic E-state index is 12.9. The summed E-state index contributed by atoms with van der Waals surface area (Å²) in [6.45, 7) is 10.5. The highest BCUT2D eigenvalue weighted by Gasteiger charge is 2.33. The molecule has 7 heteroatoms. The summed E-state index contributed by atoms with van der Waals surface area (Å²) >= 11 is 3.19. The van der Waals surface area contributed by atoms with Crippen LogP contribution < -0.4 is 4.90 Å². The van der Waals surface area contributed by atoms with Crippen molar-refractivity contribution >= 4 is 27.7 Å². The number of carbonyl (C=O) groups is 1. The minimum absolute atomic E-state index is 0.0504. The van der Waals surface area contributed by atoms with E-state index in [-0.39, 0.29) is 12.2 Å². The number of nitrogens with zero attached hydrogens (tertiary/aromatic N) is 1. The summed E-state index contributed by atoms with van der Waals surface area (Å²) in [5.74, 6) is 0. The van der Waals surface area contributed by atoms with Gasteiger partial charge in [-0.05, 0) is 61.8 Å². The van der Waals surface area contributed by atoms with Gasteiger partial charge in [-0.15, -0.1) is 0 Å². The molecule has 1 aromatic carbocycles. The second-order valence-electron chi connectivity index (χ2n) is 6.19. The Labute approximate surface area is 142 Å². The van der Waals surface area contributed by atoms with E-state index in [1.807, 2.05) is 0 Å². The summed E-state index contributed by atoms with van der Waals surface area (Å²) in [7, 11) is 0. The molecular weight excluding hydrogens is 375 g/mol. The lowest BCUT2D eigenvalue weighted by atomic mass is 10.1. The minimum atomic E-state index is -4.50. The Kier molecular flexibility index (Phi) is 5.90. The summed E-state index contributed by atoms with van der Waals surface area (Å²) in [4.78, 5) is 13.5. The van der Waals surface area contributed by atoms with E-state index in [4.69, 9.17) is 4.74 Å². The van der Waals surface area contributed by atoms with Crippen molar-refractivity contribution in [3.63, 3.8) is 0 Å². The lowest BCUT2D eigenvalue weighted by Gasteiger charge is -2.28. The van der Waals surface area contributed by atoms with Gasteiger partial charge in [-0.3, -0.25) is 4.90 Å². The van der Waals surface area contributed by atoms with Gasteiger partial charge < -0.3 is 4.74 Å². The van der Waals surface area contributed by atoms with Crippen molar-refractivity contribution in [1.82, 2.24) is 0 Å². The number of hydrogen-bond donors (Lipinski definition) is 0. The highest BCUT2D eigenvalue weighted by atomic mass is 79.9. The van der Waals surface area contributed by atoms with E-state index in [1.54, 1.807) is 27.7 Å². The molecule has 0 aromatic heterocycles. The summed E-state index contributed by atoms with van der Waals surface area (Å²) in [5, 5.41) is 0. The summed E-state index contributed by atoms with van der Waals surface area (Å²) in [5.41, 5.74) is -0.915. The average molecular weight is 394 g/mol. The molecule has 128 valence electrons. The Morgan fingerprint density at radius 1 is 1.30 bits per heavy atom. The molecule has 0 bridgehead atoms. The van der Waals surface area contributed by atoms with E-state index in [1.165, 1.54) is 6.07 Å². The van der Waals surface area contributed by atoms with Crippen molar-refractivity contribution in [3.05, 3.63) is 40.4 Å². The van der Waals surface area contributed by atoms with Gasteiger partial charge in [-0.2, -0.15) is 13.2 Å². The largest absolute Gasteiger partial charge is 0.443 e. The zero-order valence-electron chi connectivity index (χ0n) is 13.4. The first-order chi connectivity index (χ1) is 10.3. The van der Waals surface area contributed by atoms with Gasteiger partial charge in [0, 0.05) is 11.0 Å². The molecule has 0 saturated carbocycles. The van der Waals surface area contributed by atoms with Gasteiger partial charge in [-0.1, -0.05) is 12.2 Å². The van der Waals surface area contributed by atoms with Crippen LogP contribution in [-0.2, 0) is 10.9 Å². The number of benzene rings is 1. The number of anilines is 1. The maximum Gasteiger partial charge on any atom is 0.416 e. The predicted molar refractivity (Wildman–Crippen MR) is 87.5 cm³/mol. The molecule has 0 aliphatic carbocycles. The molecule has 1 aromatic rings. The average Bonchev–Trinajstić information content (AvgIpc) is 2.33. The van der Waals surface area contributed by atoms with Crippen LogP contribution in [0, 0.1) is 0 Å². The standard InChI is InChI=1S/C16H19BrF3NO2/c1-10(2)9-21(14(22)23-15(3,4)5)13-8-11(16(18,19)20)6-7-12(13)17/h6-8H,1,9H2,2-5H3. The fourth-order valence-electron chi connectivity index (χ4n) is 1.73. The number of halogens is 4. The Morgan fingerprint density at radius 2 is 1.87 bits per heavy atom. The van der Waals surface area contributed by atoms with Crippen LogP contribution in [0.3, 0.4) is 0 Å². The molecule has 0 aliphatic heterocycles. The predicted octanol–water partition coefficient (Wildman–Crippen LogP) is 5.79. The molecule has 23 heavy (non-hydrogen) atoms. The van der Waals surface area contributed by atoms with Crippen LogP contribution in [0.1, 0.15) is 33.3 Å². The zero-order chi connectivity index (χ0) is 18.0. The van der Waals surface area contributed by atoms with Crippen LogP contribution >= 0.6 is 15.9 Å². The SMILES string of the molecule is C=C(C)CN(C(=O)OC(C)(C)C)c1cc(C(F)(F)F)ccc1Br. The molecule has 1 amide bonds. The third-order valence-electron chi connectivity index (χ3n) is 2.61. The Morgan fingerprint density at radius 3 is 2.30 bits per heavy atom. The topological polar surface area (TPSA) is 29.5 Å². The van der Waals surface area contributed by atoms with Gasteiger partial charge in [0.15, 0.2) is 0 Å². The quantitative estimate of drug-likeness (QED) is 0.608. The van der Waals surface area contributed by atoms with Gasteiger partial charge in [0.1, 0.15) is 5.60 Å². The molecule has 1 rings (SSSR count). The molecule has 0 heterocycles. The second kappa shape index (κ2) is 6.95. The van der Waals surface area contributed by atoms with Crippen LogP contribution in [0.2, 0.25) is 0 Å². The number of alkyl halides is 3. The van der Waals surface area contributed by atoms with Crippen molar-refractivity contribution in [3.8, 4) is 0 Å². The van der Waals surface area contributed by atoms with E-state index < -0.39 is 23.4 Å². The molecule has 0 aliphatic rings. The van der Waals surface area contributed by atoms with Crippen LogP contribution in [0.25, 0.3) is 0 Å². The highest BCUT2D eigenvalue weighted by molar-refractivity contribution is 9.10. The molecule has 0 saturated heterocycles. The van der Waals surface area contributed by atoms with Gasteiger partial charge in [0.05, 0.1) is 11.3 Å². The van der Waals surface area contributed by atoms with Gasteiger partial charge in [0.25, 0.3) is 0 Å². The molecular formula is C16H19BrF3NO2. The summed E-state index contributed by atoms with van der Waals surface area (Å²) < 4.78 is 44.4. The molecule has 0 atom stereocenters. The Hall–Kier alpha value is -1.50. The molecule has 0 fully saturated rings. The molecule has 0 radical (unpaired) electrons. The Balaban J connectivity index is 3.32. The summed E-state index contributed by atoms with van der Waals surface area (Å²) in [6.07, 6.45) is -5.24. The second-order valence-corrected chi connectivity index (χ2v) is 7.04. The smallest absolute Gasteiger partial charge is 0.416 e. The van der Waals surface area contributed by atoms with E-state index >= 15 is 0 Å².